The van der Waals surface area contributed by atoms with Crippen molar-refractivity contribution >= 4 is 0 Å². The Hall–Kier alpha value is -0.0800. The quantitative estimate of drug-likeness (QED) is 0.590. The van der Waals surface area contributed by atoms with E-state index < -0.39 is 0 Å². The average molecular weight is 240 g/mol. The molecule has 0 radical (unpaired) electrons. The third-order valence-corrected chi connectivity index (χ3v) is 4.14. The predicted molar refractivity (Wildman–Crippen MR) is 76.4 cm³/mol. The molecule has 1 fully saturated rings. The molecular weight excluding hydrogens is 208 g/mol. The van der Waals surface area contributed by atoms with E-state index in [9.17, 15) is 0 Å². The Bertz CT molecular complexity index is 178. The highest BCUT2D eigenvalue weighted by atomic mass is 15.2. The lowest BCUT2D eigenvalue weighted by atomic mass is 9.85. The molecule has 2 heteroatoms. The van der Waals surface area contributed by atoms with Gasteiger partial charge in [0.1, 0.15) is 0 Å². The molecule has 0 heterocycles. The topological polar surface area (TPSA) is 15.3 Å². The van der Waals surface area contributed by atoms with Crippen molar-refractivity contribution < 1.29 is 0 Å². The molecule has 17 heavy (non-hydrogen) atoms. The fourth-order valence-corrected chi connectivity index (χ4v) is 2.57. The van der Waals surface area contributed by atoms with E-state index in [2.05, 4.69) is 31.0 Å². The summed E-state index contributed by atoms with van der Waals surface area (Å²) in [5, 5.41) is 3.60. The van der Waals surface area contributed by atoms with E-state index >= 15 is 0 Å². The van der Waals surface area contributed by atoms with E-state index in [0.717, 1.165) is 12.5 Å². The summed E-state index contributed by atoms with van der Waals surface area (Å²) in [6.45, 7) is 11.8. The molecular formula is C15H32N2. The van der Waals surface area contributed by atoms with Gasteiger partial charge in [0.25, 0.3) is 0 Å². The largest absolute Gasteiger partial charge is 0.315 e. The molecule has 1 aliphatic rings. The average Bonchev–Trinajstić information content (AvgIpc) is 2.27. The summed E-state index contributed by atoms with van der Waals surface area (Å²) in [4.78, 5) is 2.65. The molecule has 0 aromatic rings. The van der Waals surface area contributed by atoms with Crippen LogP contribution in [0.1, 0.15) is 59.3 Å². The molecule has 1 saturated carbocycles. The van der Waals surface area contributed by atoms with E-state index in [-0.39, 0.29) is 0 Å². The first-order valence-corrected chi connectivity index (χ1v) is 7.72. The molecule has 0 saturated heterocycles. The van der Waals surface area contributed by atoms with Gasteiger partial charge in [0.05, 0.1) is 0 Å². The van der Waals surface area contributed by atoms with E-state index in [1.54, 1.807) is 0 Å². The van der Waals surface area contributed by atoms with E-state index in [1.807, 2.05) is 0 Å². The number of likely N-dealkylation sites (N-methyl/N-ethyl adjacent to an activating group) is 1. The normalized spacial score (nSPS) is 18.4. The van der Waals surface area contributed by atoms with Crippen LogP contribution in [0.2, 0.25) is 0 Å². The van der Waals surface area contributed by atoms with Crippen LogP contribution in [-0.4, -0.2) is 37.1 Å². The van der Waals surface area contributed by atoms with Gasteiger partial charge in [-0.25, -0.2) is 0 Å². The van der Waals surface area contributed by atoms with Crippen LogP contribution in [0.3, 0.4) is 0 Å². The summed E-state index contributed by atoms with van der Waals surface area (Å²) in [6, 6.07) is 0.697. The molecule has 0 spiro atoms. The van der Waals surface area contributed by atoms with Crippen molar-refractivity contribution in [2.45, 2.75) is 65.3 Å². The van der Waals surface area contributed by atoms with Crippen LogP contribution in [0.4, 0.5) is 0 Å². The molecule has 1 atom stereocenters. The highest BCUT2D eigenvalue weighted by Crippen LogP contribution is 2.27. The molecule has 1 unspecified atom stereocenters. The Morgan fingerprint density at radius 2 is 2.00 bits per heavy atom. The molecule has 1 rings (SSSR count). The number of unbranched alkanes of at least 4 members (excludes halogenated alkanes) is 2. The standard InChI is InChI=1S/C15H32N2/c1-4-6-7-11-16-12-14(3)17(5-2)13-15-9-8-10-15/h14-16H,4-13H2,1-3H3. The summed E-state index contributed by atoms with van der Waals surface area (Å²) < 4.78 is 0. The summed E-state index contributed by atoms with van der Waals surface area (Å²) in [6.07, 6.45) is 8.41. The minimum absolute atomic E-state index is 0.697. The van der Waals surface area contributed by atoms with E-state index in [0.29, 0.717) is 6.04 Å². The molecule has 1 aliphatic carbocycles. The molecule has 0 aromatic heterocycles. The van der Waals surface area contributed by atoms with Gasteiger partial charge >= 0.3 is 0 Å². The molecule has 0 bridgehead atoms. The van der Waals surface area contributed by atoms with Gasteiger partial charge in [-0.3, -0.25) is 4.90 Å². The van der Waals surface area contributed by atoms with Crippen LogP contribution in [0, 0.1) is 5.92 Å². The fraction of sp³-hybridized carbons (Fsp3) is 1.00. The number of nitrogens with one attached hydrogen (secondary N) is 1. The lowest BCUT2D eigenvalue weighted by Crippen LogP contribution is -2.43. The van der Waals surface area contributed by atoms with Crippen LogP contribution in [0.15, 0.2) is 0 Å². The first kappa shape index (κ1) is 15.0. The Morgan fingerprint density at radius 3 is 2.53 bits per heavy atom. The lowest BCUT2D eigenvalue weighted by molar-refractivity contribution is 0.144. The van der Waals surface area contributed by atoms with Gasteiger partial charge < -0.3 is 5.32 Å². The Labute approximate surface area is 108 Å². The van der Waals surface area contributed by atoms with Crippen LogP contribution in [0.25, 0.3) is 0 Å². The summed E-state index contributed by atoms with van der Waals surface area (Å²) in [5.74, 6) is 0.998. The minimum atomic E-state index is 0.697. The van der Waals surface area contributed by atoms with Crippen molar-refractivity contribution in [3.05, 3.63) is 0 Å². The molecule has 0 amide bonds. The van der Waals surface area contributed by atoms with Gasteiger partial charge in [0.15, 0.2) is 0 Å². The summed E-state index contributed by atoms with van der Waals surface area (Å²) >= 11 is 0. The third-order valence-electron chi connectivity index (χ3n) is 4.14. The number of hydrogen-bond acceptors (Lipinski definition) is 2. The second-order valence-electron chi connectivity index (χ2n) is 5.64. The van der Waals surface area contributed by atoms with Crippen molar-refractivity contribution in [1.29, 1.82) is 0 Å². The highest BCUT2D eigenvalue weighted by Gasteiger charge is 2.22. The second kappa shape index (κ2) is 8.93. The van der Waals surface area contributed by atoms with Gasteiger partial charge in [-0.05, 0) is 45.2 Å². The van der Waals surface area contributed by atoms with Crippen LogP contribution >= 0.6 is 0 Å². The van der Waals surface area contributed by atoms with Crippen molar-refractivity contribution in [1.82, 2.24) is 10.2 Å². The monoisotopic (exact) mass is 240 g/mol. The van der Waals surface area contributed by atoms with Crippen molar-refractivity contribution in [3.63, 3.8) is 0 Å². The minimum Gasteiger partial charge on any atom is -0.315 e. The highest BCUT2D eigenvalue weighted by molar-refractivity contribution is 4.77. The maximum absolute atomic E-state index is 3.60. The number of nitrogens with zero attached hydrogens (tertiary/aromatic N) is 1. The van der Waals surface area contributed by atoms with Crippen molar-refractivity contribution in [2.75, 3.05) is 26.2 Å². The first-order valence-electron chi connectivity index (χ1n) is 7.72. The van der Waals surface area contributed by atoms with Crippen LogP contribution < -0.4 is 5.32 Å². The summed E-state index contributed by atoms with van der Waals surface area (Å²) in [7, 11) is 0. The zero-order valence-electron chi connectivity index (χ0n) is 12.2. The van der Waals surface area contributed by atoms with Crippen molar-refractivity contribution in [3.8, 4) is 0 Å². The van der Waals surface area contributed by atoms with Gasteiger partial charge in [-0.15, -0.1) is 0 Å². The first-order chi connectivity index (χ1) is 8.27. The van der Waals surface area contributed by atoms with Crippen LogP contribution in [0.5, 0.6) is 0 Å². The number of hydrogen-bond donors (Lipinski definition) is 1. The SMILES string of the molecule is CCCCCNCC(C)N(CC)CC1CCC1. The fourth-order valence-electron chi connectivity index (χ4n) is 2.57. The van der Waals surface area contributed by atoms with Gasteiger partial charge in [-0.2, -0.15) is 0 Å². The van der Waals surface area contributed by atoms with Crippen LogP contribution in [-0.2, 0) is 0 Å². The Kier molecular flexibility index (Phi) is 7.87. The molecule has 0 aliphatic heterocycles. The zero-order valence-corrected chi connectivity index (χ0v) is 12.2. The molecule has 0 aromatic carbocycles. The number of rotatable bonds is 10. The van der Waals surface area contributed by atoms with Gasteiger partial charge in [0, 0.05) is 19.1 Å². The molecule has 1 N–H and O–H groups in total. The lowest BCUT2D eigenvalue weighted by Gasteiger charge is -2.35. The smallest absolute Gasteiger partial charge is 0.0192 e. The Balaban J connectivity index is 2.07. The Morgan fingerprint density at radius 1 is 1.24 bits per heavy atom. The van der Waals surface area contributed by atoms with E-state index in [1.165, 1.54) is 58.2 Å². The molecule has 102 valence electrons. The summed E-state index contributed by atoms with van der Waals surface area (Å²) in [5.41, 5.74) is 0. The molecule has 2 nitrogen and oxygen atoms in total. The second-order valence-corrected chi connectivity index (χ2v) is 5.64. The predicted octanol–water partition coefficient (Wildman–Crippen LogP) is 3.28. The maximum atomic E-state index is 3.60. The maximum Gasteiger partial charge on any atom is 0.0192 e. The van der Waals surface area contributed by atoms with Gasteiger partial charge in [0.2, 0.25) is 0 Å². The van der Waals surface area contributed by atoms with E-state index in [4.69, 9.17) is 0 Å². The van der Waals surface area contributed by atoms with Gasteiger partial charge in [-0.1, -0.05) is 33.1 Å². The van der Waals surface area contributed by atoms with Crippen molar-refractivity contribution in [2.24, 2.45) is 5.92 Å². The zero-order chi connectivity index (χ0) is 12.5. The third kappa shape index (κ3) is 5.87.